The standard InChI is InChI=1S/C39H29N7/c40-33-24-23-32-31-21-10-11-22-34(31)45(35(32)36(33)46(41)29-18-8-3-9-19-29)30-20-12-17-28(25-30)39-43-37(26-13-4-1-5-14-26)42-38(44-39)27-15-6-2-7-16-27/h1-25H,40-41H2. The minimum Gasteiger partial charge on any atom is -0.397 e. The summed E-state index contributed by atoms with van der Waals surface area (Å²) in [7, 11) is 0. The number of benzene rings is 6. The van der Waals surface area contributed by atoms with Gasteiger partial charge >= 0.3 is 0 Å². The Balaban J connectivity index is 1.36. The van der Waals surface area contributed by atoms with Crippen LogP contribution in [0.5, 0.6) is 0 Å². The Morgan fingerprint density at radius 3 is 1.70 bits per heavy atom. The number of hydrogen-bond acceptors (Lipinski definition) is 6. The molecule has 0 atom stereocenters. The molecule has 2 aromatic heterocycles. The number of nitrogen functional groups attached to an aromatic ring is 1. The summed E-state index contributed by atoms with van der Waals surface area (Å²) in [6.07, 6.45) is 0. The summed E-state index contributed by atoms with van der Waals surface area (Å²) >= 11 is 0. The first-order valence-electron chi connectivity index (χ1n) is 15.0. The molecule has 0 unspecified atom stereocenters. The molecule has 0 aliphatic rings. The first-order chi connectivity index (χ1) is 22.7. The van der Waals surface area contributed by atoms with Crippen LogP contribution in [0.15, 0.2) is 152 Å². The Labute approximate surface area is 266 Å². The van der Waals surface area contributed by atoms with E-state index in [2.05, 4.69) is 41.0 Å². The van der Waals surface area contributed by atoms with Gasteiger partial charge in [-0.1, -0.05) is 109 Å². The normalized spacial score (nSPS) is 11.2. The van der Waals surface area contributed by atoms with E-state index in [4.69, 9.17) is 26.5 Å². The minimum atomic E-state index is 0.580. The molecule has 0 aliphatic heterocycles. The van der Waals surface area contributed by atoms with E-state index in [1.165, 1.54) is 0 Å². The summed E-state index contributed by atoms with van der Waals surface area (Å²) < 4.78 is 2.22. The van der Waals surface area contributed by atoms with E-state index in [1.807, 2.05) is 115 Å². The number of para-hydroxylation sites is 2. The van der Waals surface area contributed by atoms with Crippen LogP contribution in [0.4, 0.5) is 17.1 Å². The van der Waals surface area contributed by atoms with Crippen LogP contribution in [0, 0.1) is 0 Å². The SMILES string of the molecule is Nc1ccc2c3ccccc3n(-c3cccc(-c4nc(-c5ccccc5)nc(-c5ccccc5)n4)c3)c2c1N(N)c1ccccc1. The van der Waals surface area contributed by atoms with Crippen LogP contribution in [0.2, 0.25) is 0 Å². The summed E-state index contributed by atoms with van der Waals surface area (Å²) in [6.45, 7) is 0. The van der Waals surface area contributed by atoms with Gasteiger partial charge in [-0.3, -0.25) is 5.01 Å². The van der Waals surface area contributed by atoms with Gasteiger partial charge in [-0.15, -0.1) is 0 Å². The fourth-order valence-corrected chi connectivity index (χ4v) is 6.02. The molecule has 6 aromatic carbocycles. The third-order valence-electron chi connectivity index (χ3n) is 8.18. The van der Waals surface area contributed by atoms with Gasteiger partial charge in [-0.2, -0.15) is 0 Å². The van der Waals surface area contributed by atoms with Crippen LogP contribution in [-0.4, -0.2) is 19.5 Å². The number of rotatable bonds is 6. The zero-order valence-electron chi connectivity index (χ0n) is 24.8. The van der Waals surface area contributed by atoms with Crippen molar-refractivity contribution in [3.8, 4) is 39.9 Å². The van der Waals surface area contributed by atoms with E-state index in [9.17, 15) is 0 Å². The average molecular weight is 596 g/mol. The number of hydrogen-bond donors (Lipinski definition) is 2. The molecule has 46 heavy (non-hydrogen) atoms. The molecular weight excluding hydrogens is 566 g/mol. The molecule has 0 fully saturated rings. The zero-order chi connectivity index (χ0) is 31.0. The number of aromatic nitrogens is 4. The zero-order valence-corrected chi connectivity index (χ0v) is 24.8. The smallest absolute Gasteiger partial charge is 0.164 e. The Morgan fingerprint density at radius 1 is 0.500 bits per heavy atom. The quantitative estimate of drug-likeness (QED) is 0.114. The highest BCUT2D eigenvalue weighted by atomic mass is 15.4. The summed E-state index contributed by atoms with van der Waals surface area (Å²) in [5, 5.41) is 3.82. The van der Waals surface area contributed by atoms with Crippen molar-refractivity contribution < 1.29 is 0 Å². The first-order valence-corrected chi connectivity index (χ1v) is 15.0. The predicted molar refractivity (Wildman–Crippen MR) is 188 cm³/mol. The summed E-state index contributed by atoms with van der Waals surface area (Å²) in [4.78, 5) is 14.8. The van der Waals surface area contributed by atoms with Crippen LogP contribution in [0.3, 0.4) is 0 Å². The van der Waals surface area contributed by atoms with Crippen molar-refractivity contribution >= 4 is 38.9 Å². The highest BCUT2D eigenvalue weighted by Gasteiger charge is 2.21. The van der Waals surface area contributed by atoms with Crippen molar-refractivity contribution in [2.75, 3.05) is 10.7 Å². The molecule has 0 aliphatic carbocycles. The summed E-state index contributed by atoms with van der Waals surface area (Å²) in [5.74, 6) is 8.64. The van der Waals surface area contributed by atoms with Gasteiger partial charge < -0.3 is 10.3 Å². The maximum atomic E-state index is 6.83. The van der Waals surface area contributed by atoms with Gasteiger partial charge in [0.1, 0.15) is 5.69 Å². The van der Waals surface area contributed by atoms with Crippen LogP contribution < -0.4 is 16.6 Å². The molecule has 4 N–H and O–H groups in total. The number of anilines is 3. The lowest BCUT2D eigenvalue weighted by Gasteiger charge is -2.23. The molecule has 8 rings (SSSR count). The van der Waals surface area contributed by atoms with E-state index in [0.717, 1.165) is 55.6 Å². The van der Waals surface area contributed by atoms with Crippen molar-refractivity contribution in [3.05, 3.63) is 152 Å². The van der Waals surface area contributed by atoms with E-state index >= 15 is 0 Å². The molecule has 7 nitrogen and oxygen atoms in total. The highest BCUT2D eigenvalue weighted by Crippen LogP contribution is 2.42. The highest BCUT2D eigenvalue weighted by molar-refractivity contribution is 6.15. The Bertz CT molecular complexity index is 2280. The second-order valence-corrected chi connectivity index (χ2v) is 11.0. The largest absolute Gasteiger partial charge is 0.397 e. The topological polar surface area (TPSA) is 98.9 Å². The first kappa shape index (κ1) is 27.3. The van der Waals surface area contributed by atoms with Gasteiger partial charge in [0.2, 0.25) is 0 Å². The second-order valence-electron chi connectivity index (χ2n) is 11.0. The Hall–Kier alpha value is -6.31. The van der Waals surface area contributed by atoms with Crippen LogP contribution in [0.25, 0.3) is 61.7 Å². The molecule has 0 saturated carbocycles. The molecule has 0 amide bonds. The minimum absolute atomic E-state index is 0.580. The van der Waals surface area contributed by atoms with Crippen molar-refractivity contribution in [3.63, 3.8) is 0 Å². The molecule has 8 aromatic rings. The van der Waals surface area contributed by atoms with E-state index < -0.39 is 0 Å². The Morgan fingerprint density at radius 2 is 1.04 bits per heavy atom. The van der Waals surface area contributed by atoms with Gasteiger partial charge in [-0.05, 0) is 42.5 Å². The monoisotopic (exact) mass is 595 g/mol. The fraction of sp³-hybridized carbons (Fsp3) is 0. The lowest BCUT2D eigenvalue weighted by atomic mass is 10.1. The van der Waals surface area contributed by atoms with Gasteiger partial charge in [0.15, 0.2) is 17.5 Å². The fourth-order valence-electron chi connectivity index (χ4n) is 6.02. The lowest BCUT2D eigenvalue weighted by molar-refractivity contribution is 1.07. The number of fused-ring (bicyclic) bond motifs is 3. The van der Waals surface area contributed by atoms with E-state index in [-0.39, 0.29) is 0 Å². The van der Waals surface area contributed by atoms with Crippen LogP contribution in [0.1, 0.15) is 0 Å². The third-order valence-corrected chi connectivity index (χ3v) is 8.18. The number of nitrogens with zero attached hydrogens (tertiary/aromatic N) is 5. The molecule has 0 radical (unpaired) electrons. The van der Waals surface area contributed by atoms with Crippen LogP contribution in [-0.2, 0) is 0 Å². The Kier molecular flexibility index (Phi) is 6.70. The van der Waals surface area contributed by atoms with Crippen molar-refractivity contribution in [1.29, 1.82) is 0 Å². The summed E-state index contributed by atoms with van der Waals surface area (Å²) in [5.41, 5.74) is 14.4. The molecule has 7 heteroatoms. The molecule has 0 bridgehead atoms. The van der Waals surface area contributed by atoms with Gasteiger partial charge in [-0.25, -0.2) is 20.8 Å². The molecule has 2 heterocycles. The second kappa shape index (κ2) is 11.3. The third kappa shape index (κ3) is 4.72. The van der Waals surface area contributed by atoms with Crippen molar-refractivity contribution in [1.82, 2.24) is 19.5 Å². The van der Waals surface area contributed by atoms with Crippen LogP contribution >= 0.6 is 0 Å². The van der Waals surface area contributed by atoms with Gasteiger partial charge in [0.25, 0.3) is 0 Å². The maximum absolute atomic E-state index is 6.83. The van der Waals surface area contributed by atoms with Crippen molar-refractivity contribution in [2.45, 2.75) is 0 Å². The van der Waals surface area contributed by atoms with Gasteiger partial charge in [0.05, 0.1) is 22.4 Å². The van der Waals surface area contributed by atoms with Gasteiger partial charge in [0, 0.05) is 33.2 Å². The molecule has 0 spiro atoms. The summed E-state index contributed by atoms with van der Waals surface area (Å²) in [6, 6.07) is 50.4. The molecular formula is C39H29N7. The maximum Gasteiger partial charge on any atom is 0.164 e. The lowest BCUT2D eigenvalue weighted by Crippen LogP contribution is -2.26. The number of nitrogens with two attached hydrogens (primary N) is 2. The van der Waals surface area contributed by atoms with Crippen molar-refractivity contribution in [2.24, 2.45) is 5.84 Å². The van der Waals surface area contributed by atoms with E-state index in [0.29, 0.717) is 23.2 Å². The van der Waals surface area contributed by atoms with E-state index in [1.54, 1.807) is 5.01 Å². The average Bonchev–Trinajstić information content (AvgIpc) is 3.46. The molecule has 0 saturated heterocycles. The molecule has 220 valence electrons. The predicted octanol–water partition coefficient (Wildman–Crippen LogP) is 8.56. The number of hydrazine groups is 1.